The minimum atomic E-state index is 0.515. The van der Waals surface area contributed by atoms with Crippen LogP contribution in [-0.4, -0.2) is 11.0 Å². The van der Waals surface area contributed by atoms with Gasteiger partial charge in [0.05, 0.1) is 11.9 Å². The van der Waals surface area contributed by atoms with E-state index in [0.717, 1.165) is 34.8 Å². The topological polar surface area (TPSA) is 50.9 Å². The normalized spacial score (nSPS) is 38.5. The Labute approximate surface area is 127 Å². The Hall–Kier alpha value is -1.25. The number of nitrogens with zero attached hydrogens (tertiary/aromatic N) is 1. The molecule has 4 aliphatic rings. The van der Waals surface area contributed by atoms with Crippen LogP contribution in [0.2, 0.25) is 0 Å². The van der Waals surface area contributed by atoms with Crippen molar-refractivity contribution in [3.63, 3.8) is 0 Å². The van der Waals surface area contributed by atoms with Crippen LogP contribution in [0.4, 0.5) is 11.5 Å². The van der Waals surface area contributed by atoms with Gasteiger partial charge in [0.15, 0.2) is 0 Å². The predicted molar refractivity (Wildman–Crippen MR) is 87.1 cm³/mol. The molecular weight excluding hydrogens is 258 g/mol. The first kappa shape index (κ1) is 13.4. The first-order valence-corrected chi connectivity index (χ1v) is 8.53. The van der Waals surface area contributed by atoms with Crippen molar-refractivity contribution in [3.8, 4) is 0 Å². The molecule has 3 N–H and O–H groups in total. The highest BCUT2D eigenvalue weighted by Crippen LogP contribution is 2.61. The van der Waals surface area contributed by atoms with Gasteiger partial charge in [-0.3, -0.25) is 0 Å². The van der Waals surface area contributed by atoms with E-state index in [2.05, 4.69) is 30.2 Å². The number of hydrogen-bond acceptors (Lipinski definition) is 3. The fraction of sp³-hybridized carbons (Fsp3) is 0.722. The molecule has 4 aliphatic carbocycles. The number of nitrogens with one attached hydrogen (secondary N) is 1. The zero-order valence-corrected chi connectivity index (χ0v) is 13.2. The van der Waals surface area contributed by atoms with Crippen molar-refractivity contribution >= 4 is 11.5 Å². The van der Waals surface area contributed by atoms with Gasteiger partial charge in [-0.2, -0.15) is 0 Å². The van der Waals surface area contributed by atoms with Gasteiger partial charge in [-0.05, 0) is 87.2 Å². The van der Waals surface area contributed by atoms with Crippen molar-refractivity contribution in [2.45, 2.75) is 58.4 Å². The van der Waals surface area contributed by atoms with Gasteiger partial charge in [-0.25, -0.2) is 4.98 Å². The molecule has 0 spiro atoms. The lowest BCUT2D eigenvalue weighted by molar-refractivity contribution is -0.0603. The molecule has 0 radical (unpaired) electrons. The van der Waals surface area contributed by atoms with Gasteiger partial charge in [0.2, 0.25) is 0 Å². The van der Waals surface area contributed by atoms with Gasteiger partial charge < -0.3 is 11.1 Å². The van der Waals surface area contributed by atoms with Crippen LogP contribution in [0.25, 0.3) is 0 Å². The Morgan fingerprint density at radius 3 is 2.29 bits per heavy atom. The first-order chi connectivity index (χ1) is 10.0. The van der Waals surface area contributed by atoms with E-state index in [9.17, 15) is 0 Å². The third-order valence-electron chi connectivity index (χ3n) is 6.52. The molecule has 1 heterocycles. The molecule has 4 saturated carbocycles. The van der Waals surface area contributed by atoms with Crippen molar-refractivity contribution in [2.24, 2.45) is 23.2 Å². The molecule has 1 atom stereocenters. The van der Waals surface area contributed by atoms with Crippen LogP contribution in [0.1, 0.15) is 51.0 Å². The van der Waals surface area contributed by atoms with Gasteiger partial charge in [-0.1, -0.05) is 0 Å². The third-order valence-corrected chi connectivity index (χ3v) is 6.52. The zero-order valence-electron chi connectivity index (χ0n) is 13.2. The number of aryl methyl sites for hydroxylation is 1. The molecule has 114 valence electrons. The van der Waals surface area contributed by atoms with Crippen LogP contribution in [0.3, 0.4) is 0 Å². The smallest absolute Gasteiger partial charge is 0.126 e. The second-order valence-corrected chi connectivity index (χ2v) is 8.07. The summed E-state index contributed by atoms with van der Waals surface area (Å²) < 4.78 is 0. The lowest BCUT2D eigenvalue weighted by Crippen LogP contribution is -2.53. The Balaban J connectivity index is 1.54. The summed E-state index contributed by atoms with van der Waals surface area (Å²) in [5.74, 6) is 4.00. The van der Waals surface area contributed by atoms with Crippen LogP contribution >= 0.6 is 0 Å². The van der Waals surface area contributed by atoms with Gasteiger partial charge in [-0.15, -0.1) is 0 Å². The summed E-state index contributed by atoms with van der Waals surface area (Å²) in [6.07, 6.45) is 10.6. The summed E-state index contributed by atoms with van der Waals surface area (Å²) >= 11 is 0. The summed E-state index contributed by atoms with van der Waals surface area (Å²) in [7, 11) is 0. The highest BCUT2D eigenvalue weighted by atomic mass is 15.0. The lowest BCUT2D eigenvalue weighted by atomic mass is 9.48. The molecule has 4 fully saturated rings. The minimum Gasteiger partial charge on any atom is -0.397 e. The fourth-order valence-corrected chi connectivity index (χ4v) is 5.73. The molecule has 0 saturated heterocycles. The fourth-order valence-electron chi connectivity index (χ4n) is 5.73. The molecule has 3 nitrogen and oxygen atoms in total. The Morgan fingerprint density at radius 1 is 1.19 bits per heavy atom. The maximum absolute atomic E-state index is 5.88. The minimum absolute atomic E-state index is 0.515. The zero-order chi connectivity index (χ0) is 14.6. The molecule has 0 aliphatic heterocycles. The maximum atomic E-state index is 5.88. The predicted octanol–water partition coefficient (Wildman–Crippen LogP) is 3.99. The molecular formula is C18H27N3. The summed E-state index contributed by atoms with van der Waals surface area (Å²) in [6, 6.07) is 2.60. The Kier molecular flexibility index (Phi) is 2.95. The number of pyridine rings is 1. The molecule has 1 unspecified atom stereocenters. The molecule has 3 heteroatoms. The number of anilines is 2. The van der Waals surface area contributed by atoms with Gasteiger partial charge in [0.25, 0.3) is 0 Å². The van der Waals surface area contributed by atoms with E-state index < -0.39 is 0 Å². The Morgan fingerprint density at radius 2 is 1.76 bits per heavy atom. The monoisotopic (exact) mass is 285 g/mol. The van der Waals surface area contributed by atoms with Crippen LogP contribution in [-0.2, 0) is 0 Å². The highest BCUT2D eigenvalue weighted by Gasteiger charge is 2.53. The maximum Gasteiger partial charge on any atom is 0.126 e. The van der Waals surface area contributed by atoms with E-state index in [1.807, 2.05) is 0 Å². The lowest BCUT2D eigenvalue weighted by Gasteiger charge is -2.59. The number of nitrogen functional groups attached to an aromatic ring is 1. The number of hydrogen-bond donors (Lipinski definition) is 2. The summed E-state index contributed by atoms with van der Waals surface area (Å²) in [6.45, 7) is 4.43. The Bertz CT molecular complexity index is 516. The van der Waals surface area contributed by atoms with Gasteiger partial charge in [0, 0.05) is 6.04 Å². The SMILES string of the molecule is Cc1cc(NC(C)C23CC4CC(CC(C4)C2)C3)ncc1N. The largest absolute Gasteiger partial charge is 0.397 e. The van der Waals surface area contributed by atoms with Crippen LogP contribution in [0.5, 0.6) is 0 Å². The van der Waals surface area contributed by atoms with E-state index in [-0.39, 0.29) is 0 Å². The summed E-state index contributed by atoms with van der Waals surface area (Å²) in [5, 5.41) is 3.70. The average molecular weight is 285 g/mol. The standard InChI is InChI=1S/C18H27N3/c1-11-3-17(20-10-16(11)19)21-12(2)18-7-13-4-14(8-18)6-15(5-13)9-18/h3,10,12-15H,4-9,19H2,1-2H3,(H,20,21). The summed E-state index contributed by atoms with van der Waals surface area (Å²) in [4.78, 5) is 4.47. The average Bonchev–Trinajstić information content (AvgIpc) is 2.41. The first-order valence-electron chi connectivity index (χ1n) is 8.53. The third kappa shape index (κ3) is 2.21. The van der Waals surface area contributed by atoms with Crippen LogP contribution < -0.4 is 11.1 Å². The van der Waals surface area contributed by atoms with Crippen molar-refractivity contribution < 1.29 is 0 Å². The van der Waals surface area contributed by atoms with E-state index in [4.69, 9.17) is 5.73 Å². The van der Waals surface area contributed by atoms with Crippen LogP contribution in [0.15, 0.2) is 12.3 Å². The molecule has 1 aromatic heterocycles. The van der Waals surface area contributed by atoms with E-state index in [1.165, 1.54) is 38.5 Å². The van der Waals surface area contributed by atoms with Crippen molar-refractivity contribution in [1.29, 1.82) is 0 Å². The van der Waals surface area contributed by atoms with Crippen molar-refractivity contribution in [1.82, 2.24) is 4.98 Å². The summed E-state index contributed by atoms with van der Waals surface area (Å²) in [5.41, 5.74) is 8.29. The van der Waals surface area contributed by atoms with Gasteiger partial charge >= 0.3 is 0 Å². The number of nitrogens with two attached hydrogens (primary N) is 1. The van der Waals surface area contributed by atoms with E-state index in [1.54, 1.807) is 6.20 Å². The second kappa shape index (κ2) is 4.62. The molecule has 0 aromatic carbocycles. The second-order valence-electron chi connectivity index (χ2n) is 8.07. The van der Waals surface area contributed by atoms with Crippen LogP contribution in [0, 0.1) is 30.1 Å². The molecule has 1 aromatic rings. The van der Waals surface area contributed by atoms with E-state index in [0.29, 0.717) is 11.5 Å². The molecule has 0 amide bonds. The number of aromatic nitrogens is 1. The highest BCUT2D eigenvalue weighted by molar-refractivity contribution is 5.51. The number of rotatable bonds is 3. The quantitative estimate of drug-likeness (QED) is 0.883. The molecule has 21 heavy (non-hydrogen) atoms. The molecule has 5 rings (SSSR count). The van der Waals surface area contributed by atoms with E-state index >= 15 is 0 Å². The van der Waals surface area contributed by atoms with Crippen molar-refractivity contribution in [2.75, 3.05) is 11.1 Å². The molecule has 4 bridgehead atoms. The van der Waals surface area contributed by atoms with Gasteiger partial charge in [0.1, 0.15) is 5.82 Å². The van der Waals surface area contributed by atoms with Crippen molar-refractivity contribution in [3.05, 3.63) is 17.8 Å².